The van der Waals surface area contributed by atoms with Gasteiger partial charge >= 0.3 is 5.97 Å². The molecule has 1 N–H and O–H groups in total. The Morgan fingerprint density at radius 2 is 2.05 bits per heavy atom. The van der Waals surface area contributed by atoms with Crippen LogP contribution in [0.3, 0.4) is 0 Å². The molecule has 6 nitrogen and oxygen atoms in total. The van der Waals surface area contributed by atoms with Crippen molar-refractivity contribution in [3.63, 3.8) is 0 Å². The number of hydrogen-bond donors (Lipinski definition) is 1. The fourth-order valence-corrected chi connectivity index (χ4v) is 3.39. The molecule has 1 fully saturated rings. The second kappa shape index (κ2) is 7.68. The molecule has 0 radical (unpaired) electrons. The molecule has 0 unspecified atom stereocenters. The molecule has 0 atom stereocenters. The van der Waals surface area contributed by atoms with Gasteiger partial charge in [-0.3, -0.25) is 9.36 Å². The monoisotopic (exact) mass is 312 g/mol. The number of carboxylic acids is 1. The second-order valence-electron chi connectivity index (χ2n) is 5.46. The van der Waals surface area contributed by atoms with Crippen LogP contribution in [0, 0.1) is 5.92 Å². The lowest BCUT2D eigenvalue weighted by Crippen LogP contribution is -2.35. The van der Waals surface area contributed by atoms with E-state index in [2.05, 4.69) is 33.5 Å². The molecule has 1 aromatic rings. The first-order valence-electron chi connectivity index (χ1n) is 7.68. The van der Waals surface area contributed by atoms with Gasteiger partial charge in [0, 0.05) is 19.6 Å². The third-order valence-corrected chi connectivity index (χ3v) is 4.90. The van der Waals surface area contributed by atoms with Crippen LogP contribution in [-0.2, 0) is 11.3 Å². The third-order valence-electron chi connectivity index (χ3n) is 3.94. The number of thioether (sulfide) groups is 1. The number of anilines is 1. The van der Waals surface area contributed by atoms with E-state index in [0.717, 1.165) is 37.9 Å². The number of aliphatic carboxylic acids is 1. The van der Waals surface area contributed by atoms with Crippen molar-refractivity contribution in [3.05, 3.63) is 0 Å². The average molecular weight is 312 g/mol. The molecule has 0 amide bonds. The summed E-state index contributed by atoms with van der Waals surface area (Å²) in [6.45, 7) is 7.23. The summed E-state index contributed by atoms with van der Waals surface area (Å²) < 4.78 is 2.07. The molecule has 0 aliphatic carbocycles. The number of aromatic nitrogens is 3. The summed E-state index contributed by atoms with van der Waals surface area (Å²) in [5.74, 6) is 0.931. The first kappa shape index (κ1) is 16.1. The summed E-state index contributed by atoms with van der Waals surface area (Å²) in [6.07, 6.45) is 4.63. The van der Waals surface area contributed by atoms with Gasteiger partial charge in [-0.1, -0.05) is 32.0 Å². The first-order chi connectivity index (χ1) is 10.2. The molecule has 1 aromatic heterocycles. The minimum absolute atomic E-state index is 0.0275. The van der Waals surface area contributed by atoms with Gasteiger partial charge in [0.25, 0.3) is 0 Å². The molecule has 0 spiro atoms. The van der Waals surface area contributed by atoms with Crippen molar-refractivity contribution in [1.82, 2.24) is 14.8 Å². The quantitative estimate of drug-likeness (QED) is 0.780. The van der Waals surface area contributed by atoms with Gasteiger partial charge in [0.2, 0.25) is 5.95 Å². The predicted molar refractivity (Wildman–Crippen MR) is 83.9 cm³/mol. The fourth-order valence-electron chi connectivity index (χ4n) is 2.71. The molecule has 1 aliphatic rings. The zero-order valence-corrected chi connectivity index (χ0v) is 13.6. The maximum absolute atomic E-state index is 10.7. The molecule has 1 aliphatic heterocycles. The van der Waals surface area contributed by atoms with E-state index >= 15 is 0 Å². The van der Waals surface area contributed by atoms with Crippen molar-refractivity contribution < 1.29 is 9.90 Å². The largest absolute Gasteiger partial charge is 0.481 e. The molecule has 0 saturated carbocycles. The maximum atomic E-state index is 10.7. The second-order valence-corrected chi connectivity index (χ2v) is 6.40. The van der Waals surface area contributed by atoms with Crippen molar-refractivity contribution in [2.24, 2.45) is 5.92 Å². The Labute approximate surface area is 129 Å². The normalized spacial score (nSPS) is 16.4. The molecule has 2 heterocycles. The lowest BCUT2D eigenvalue weighted by molar-refractivity contribution is -0.133. The molecule has 1 saturated heterocycles. The van der Waals surface area contributed by atoms with E-state index in [1.54, 1.807) is 0 Å². The van der Waals surface area contributed by atoms with Gasteiger partial charge in [-0.25, -0.2) is 0 Å². The van der Waals surface area contributed by atoms with Gasteiger partial charge < -0.3 is 10.0 Å². The molecule has 21 heavy (non-hydrogen) atoms. The van der Waals surface area contributed by atoms with Crippen LogP contribution in [0.1, 0.15) is 39.5 Å². The molecule has 7 heteroatoms. The number of carboxylic acid groups (broad SMARTS) is 1. The Hall–Kier alpha value is -1.24. The van der Waals surface area contributed by atoms with Gasteiger partial charge in [-0.15, -0.1) is 10.2 Å². The Kier molecular flexibility index (Phi) is 5.90. The van der Waals surface area contributed by atoms with Gasteiger partial charge in [0.15, 0.2) is 5.16 Å². The number of nitrogens with zero attached hydrogens (tertiary/aromatic N) is 4. The molecule has 0 bridgehead atoms. The van der Waals surface area contributed by atoms with E-state index in [0.29, 0.717) is 5.16 Å². The van der Waals surface area contributed by atoms with Crippen LogP contribution in [0.5, 0.6) is 0 Å². The standard InChI is InChI=1S/C14H24N4O2S/c1-3-7-18-13(15-16-14(18)21-10-12(19)20)17-8-5-11(4-2)6-9-17/h11H,3-10H2,1-2H3,(H,19,20). The summed E-state index contributed by atoms with van der Waals surface area (Å²) in [5, 5.41) is 18.0. The van der Waals surface area contributed by atoms with Crippen LogP contribution in [-0.4, -0.2) is 44.7 Å². The third kappa shape index (κ3) is 4.12. The topological polar surface area (TPSA) is 71.2 Å². The number of piperidine rings is 1. The van der Waals surface area contributed by atoms with Crippen LogP contribution in [0.4, 0.5) is 5.95 Å². The zero-order chi connectivity index (χ0) is 15.2. The van der Waals surface area contributed by atoms with Crippen LogP contribution in [0.2, 0.25) is 0 Å². The Bertz CT molecular complexity index is 470. The Morgan fingerprint density at radius 1 is 1.33 bits per heavy atom. The fraction of sp³-hybridized carbons (Fsp3) is 0.786. The van der Waals surface area contributed by atoms with E-state index in [1.165, 1.54) is 31.0 Å². The highest BCUT2D eigenvalue weighted by atomic mass is 32.2. The van der Waals surface area contributed by atoms with Gasteiger partial charge in [0.1, 0.15) is 0 Å². The molecule has 0 aromatic carbocycles. The lowest BCUT2D eigenvalue weighted by atomic mass is 9.95. The van der Waals surface area contributed by atoms with Crippen molar-refractivity contribution in [2.45, 2.75) is 51.2 Å². The molecular weight excluding hydrogens is 288 g/mol. The summed E-state index contributed by atoms with van der Waals surface area (Å²) in [6, 6.07) is 0. The van der Waals surface area contributed by atoms with Gasteiger partial charge in [0.05, 0.1) is 5.75 Å². The molecule has 2 rings (SSSR count). The summed E-state index contributed by atoms with van der Waals surface area (Å²) >= 11 is 1.25. The van der Waals surface area contributed by atoms with E-state index < -0.39 is 5.97 Å². The van der Waals surface area contributed by atoms with Crippen LogP contribution >= 0.6 is 11.8 Å². The smallest absolute Gasteiger partial charge is 0.313 e. The summed E-state index contributed by atoms with van der Waals surface area (Å²) in [4.78, 5) is 13.0. The van der Waals surface area contributed by atoms with E-state index in [1.807, 2.05) is 0 Å². The van der Waals surface area contributed by atoms with Gasteiger partial charge in [-0.2, -0.15) is 0 Å². The minimum atomic E-state index is -0.823. The Balaban J connectivity index is 2.09. The SMILES string of the molecule is CCCn1c(SCC(=O)O)nnc1N1CCC(CC)CC1. The van der Waals surface area contributed by atoms with Crippen LogP contribution in [0.25, 0.3) is 0 Å². The average Bonchev–Trinajstić information content (AvgIpc) is 2.88. The lowest BCUT2D eigenvalue weighted by Gasteiger charge is -2.32. The van der Waals surface area contributed by atoms with Crippen LogP contribution < -0.4 is 4.90 Å². The molecular formula is C14H24N4O2S. The Morgan fingerprint density at radius 3 is 2.62 bits per heavy atom. The summed E-state index contributed by atoms with van der Waals surface area (Å²) in [7, 11) is 0. The van der Waals surface area contributed by atoms with Gasteiger partial charge in [-0.05, 0) is 25.2 Å². The van der Waals surface area contributed by atoms with E-state index in [-0.39, 0.29) is 5.75 Å². The van der Waals surface area contributed by atoms with Crippen molar-refractivity contribution in [1.29, 1.82) is 0 Å². The molecule has 118 valence electrons. The zero-order valence-electron chi connectivity index (χ0n) is 12.8. The number of hydrogen-bond acceptors (Lipinski definition) is 5. The minimum Gasteiger partial charge on any atom is -0.481 e. The number of carbonyl (C=O) groups is 1. The van der Waals surface area contributed by atoms with Crippen molar-refractivity contribution >= 4 is 23.7 Å². The van der Waals surface area contributed by atoms with Crippen LogP contribution in [0.15, 0.2) is 5.16 Å². The summed E-state index contributed by atoms with van der Waals surface area (Å²) in [5.41, 5.74) is 0. The van der Waals surface area contributed by atoms with E-state index in [9.17, 15) is 4.79 Å². The van der Waals surface area contributed by atoms with E-state index in [4.69, 9.17) is 5.11 Å². The highest BCUT2D eigenvalue weighted by Crippen LogP contribution is 2.27. The maximum Gasteiger partial charge on any atom is 0.313 e. The van der Waals surface area contributed by atoms with Crippen molar-refractivity contribution in [3.8, 4) is 0 Å². The first-order valence-corrected chi connectivity index (χ1v) is 8.67. The van der Waals surface area contributed by atoms with Crippen molar-refractivity contribution in [2.75, 3.05) is 23.7 Å². The predicted octanol–water partition coefficient (Wildman–Crippen LogP) is 2.49. The highest BCUT2D eigenvalue weighted by Gasteiger charge is 2.23. The number of rotatable bonds is 7. The highest BCUT2D eigenvalue weighted by molar-refractivity contribution is 7.99.